The molecule has 2 N–H and O–H groups in total. The van der Waals surface area contributed by atoms with E-state index in [4.69, 9.17) is 0 Å². The van der Waals surface area contributed by atoms with Crippen LogP contribution in [0.4, 0.5) is 0 Å². The van der Waals surface area contributed by atoms with Gasteiger partial charge in [-0.15, -0.1) is 6.58 Å². The fraction of sp³-hybridized carbons (Fsp3) is 0.900. The Morgan fingerprint density at radius 3 is 2.41 bits per heavy atom. The van der Waals surface area contributed by atoms with E-state index in [0.29, 0.717) is 17.8 Å². The molecule has 2 nitrogen and oxygen atoms in total. The highest BCUT2D eigenvalue weighted by atomic mass is 16.3. The molecule has 0 amide bonds. The van der Waals surface area contributed by atoms with E-state index >= 15 is 0 Å². The quantitative estimate of drug-likeness (QED) is 0.739. The Kier molecular flexibility index (Phi) is 4.61. The van der Waals surface area contributed by atoms with Crippen molar-refractivity contribution in [1.82, 2.24) is 0 Å². The minimum atomic E-state index is -0.830. The van der Waals surface area contributed by atoms with E-state index in [-0.39, 0.29) is 11.3 Å². The van der Waals surface area contributed by atoms with Crippen LogP contribution in [0.15, 0.2) is 12.7 Å². The molecule has 22 heavy (non-hydrogen) atoms. The van der Waals surface area contributed by atoms with Crippen molar-refractivity contribution in [1.29, 1.82) is 0 Å². The van der Waals surface area contributed by atoms with Gasteiger partial charge in [-0.05, 0) is 75.0 Å². The van der Waals surface area contributed by atoms with E-state index < -0.39 is 11.2 Å². The smallest absolute Gasteiger partial charge is 0.0797 e. The van der Waals surface area contributed by atoms with E-state index in [9.17, 15) is 10.2 Å². The monoisotopic (exact) mass is 308 g/mol. The van der Waals surface area contributed by atoms with E-state index in [2.05, 4.69) is 27.4 Å². The molecule has 0 heterocycles. The summed E-state index contributed by atoms with van der Waals surface area (Å²) < 4.78 is 0. The van der Waals surface area contributed by atoms with Gasteiger partial charge in [-0.2, -0.15) is 0 Å². The minimum Gasteiger partial charge on any atom is -0.390 e. The maximum Gasteiger partial charge on any atom is 0.0797 e. The van der Waals surface area contributed by atoms with Crippen LogP contribution in [0.3, 0.4) is 0 Å². The Bertz CT molecular complexity index is 421. The van der Waals surface area contributed by atoms with Crippen LogP contribution in [0.1, 0.15) is 79.6 Å². The lowest BCUT2D eigenvalue weighted by Gasteiger charge is -2.61. The molecule has 2 aliphatic carbocycles. The Morgan fingerprint density at radius 1 is 1.18 bits per heavy atom. The zero-order valence-corrected chi connectivity index (χ0v) is 15.3. The average molecular weight is 309 g/mol. The van der Waals surface area contributed by atoms with Crippen LogP contribution in [0.25, 0.3) is 0 Å². The summed E-state index contributed by atoms with van der Waals surface area (Å²) >= 11 is 0. The molecule has 2 heteroatoms. The van der Waals surface area contributed by atoms with Gasteiger partial charge in [0.2, 0.25) is 0 Å². The van der Waals surface area contributed by atoms with Gasteiger partial charge in [0.15, 0.2) is 0 Å². The first-order valence-electron chi connectivity index (χ1n) is 9.03. The summed E-state index contributed by atoms with van der Waals surface area (Å²) in [5.74, 6) is 0.928. The van der Waals surface area contributed by atoms with Gasteiger partial charge in [-0.25, -0.2) is 0 Å². The van der Waals surface area contributed by atoms with Crippen molar-refractivity contribution < 1.29 is 10.2 Å². The third-order valence-corrected chi connectivity index (χ3v) is 7.14. The number of rotatable bonds is 4. The summed E-state index contributed by atoms with van der Waals surface area (Å²) in [7, 11) is 0. The lowest BCUT2D eigenvalue weighted by atomic mass is 9.45. The van der Waals surface area contributed by atoms with Crippen LogP contribution >= 0.6 is 0 Å². The second kappa shape index (κ2) is 5.63. The highest BCUT2D eigenvalue weighted by molar-refractivity contribution is 5.08. The summed E-state index contributed by atoms with van der Waals surface area (Å²) in [5.41, 5.74) is -0.900. The summed E-state index contributed by atoms with van der Waals surface area (Å²) in [6, 6.07) is 0. The van der Waals surface area contributed by atoms with E-state index in [0.717, 1.165) is 19.3 Å². The fourth-order valence-corrected chi connectivity index (χ4v) is 5.80. The molecule has 0 aromatic rings. The maximum absolute atomic E-state index is 11.1. The van der Waals surface area contributed by atoms with Gasteiger partial charge in [-0.3, -0.25) is 0 Å². The predicted molar refractivity (Wildman–Crippen MR) is 92.6 cm³/mol. The second-order valence-corrected chi connectivity index (χ2v) is 9.45. The molecular weight excluding hydrogens is 272 g/mol. The molecule has 0 aromatic heterocycles. The molecule has 2 unspecified atom stereocenters. The molecule has 0 bridgehead atoms. The van der Waals surface area contributed by atoms with Crippen molar-refractivity contribution in [2.45, 2.75) is 90.8 Å². The first-order chi connectivity index (χ1) is 9.95. The van der Waals surface area contributed by atoms with Crippen LogP contribution in [0.2, 0.25) is 0 Å². The normalized spacial score (nSPS) is 44.0. The lowest BCUT2D eigenvalue weighted by Crippen LogP contribution is -2.57. The number of hydrogen-bond acceptors (Lipinski definition) is 2. The van der Waals surface area contributed by atoms with Crippen LogP contribution in [0.5, 0.6) is 0 Å². The summed E-state index contributed by atoms with van der Waals surface area (Å²) in [4.78, 5) is 0. The van der Waals surface area contributed by atoms with Crippen LogP contribution in [-0.4, -0.2) is 21.4 Å². The van der Waals surface area contributed by atoms with Crippen molar-refractivity contribution in [2.24, 2.45) is 22.7 Å². The van der Waals surface area contributed by atoms with Gasteiger partial charge in [-0.1, -0.05) is 33.3 Å². The molecule has 0 saturated heterocycles. The number of fused-ring (bicyclic) bond motifs is 1. The topological polar surface area (TPSA) is 40.5 Å². The molecule has 2 aliphatic rings. The van der Waals surface area contributed by atoms with Crippen molar-refractivity contribution >= 4 is 0 Å². The summed E-state index contributed by atoms with van der Waals surface area (Å²) in [6.45, 7) is 14.8. The molecule has 0 aliphatic heterocycles. The van der Waals surface area contributed by atoms with Crippen LogP contribution in [-0.2, 0) is 0 Å². The van der Waals surface area contributed by atoms with Gasteiger partial charge in [0.1, 0.15) is 0 Å². The Hall–Kier alpha value is -0.340. The van der Waals surface area contributed by atoms with Gasteiger partial charge in [0.05, 0.1) is 11.2 Å². The molecule has 0 spiro atoms. The summed E-state index contributed by atoms with van der Waals surface area (Å²) in [5, 5.41) is 21.4. The maximum atomic E-state index is 11.1. The lowest BCUT2D eigenvalue weighted by molar-refractivity contribution is -0.171. The first kappa shape index (κ1) is 18.0. The SMILES string of the molecule is C=C[C@@](C)(O)CCC1C2(C)CCCC(C)(C)[C@@H]2CC[C@@]1(C)O. The van der Waals surface area contributed by atoms with E-state index in [1.165, 1.54) is 19.3 Å². The second-order valence-electron chi connectivity index (χ2n) is 9.45. The number of hydrogen-bond donors (Lipinski definition) is 2. The van der Waals surface area contributed by atoms with Crippen molar-refractivity contribution in [3.8, 4) is 0 Å². The Labute approximate surface area is 137 Å². The van der Waals surface area contributed by atoms with Crippen molar-refractivity contribution in [3.63, 3.8) is 0 Å². The van der Waals surface area contributed by atoms with E-state index in [1.807, 2.05) is 13.8 Å². The highest BCUT2D eigenvalue weighted by Crippen LogP contribution is 2.63. The van der Waals surface area contributed by atoms with Gasteiger partial charge >= 0.3 is 0 Å². The molecule has 2 saturated carbocycles. The summed E-state index contributed by atoms with van der Waals surface area (Å²) in [6.07, 6.45) is 8.96. The van der Waals surface area contributed by atoms with Crippen molar-refractivity contribution in [2.75, 3.05) is 0 Å². The van der Waals surface area contributed by atoms with Crippen LogP contribution < -0.4 is 0 Å². The zero-order chi connectivity index (χ0) is 16.8. The van der Waals surface area contributed by atoms with E-state index in [1.54, 1.807) is 6.08 Å². The number of aliphatic hydroxyl groups is 2. The van der Waals surface area contributed by atoms with Gasteiger partial charge < -0.3 is 10.2 Å². The fourth-order valence-electron chi connectivity index (χ4n) is 5.80. The molecule has 0 aromatic carbocycles. The molecule has 128 valence electrons. The van der Waals surface area contributed by atoms with Gasteiger partial charge in [0.25, 0.3) is 0 Å². The standard InChI is InChI=1S/C20H36O2/c1-7-18(4,21)13-9-16-19(5)12-8-11-17(2,3)15(19)10-14-20(16,6)22/h7,15-16,21-22H,1,8-14H2,2-6H3/t15-,16?,18+,19?,20+/m0/s1. The average Bonchev–Trinajstić information content (AvgIpc) is 2.35. The first-order valence-corrected chi connectivity index (χ1v) is 9.03. The highest BCUT2D eigenvalue weighted by Gasteiger charge is 2.57. The Morgan fingerprint density at radius 2 is 1.82 bits per heavy atom. The zero-order valence-electron chi connectivity index (χ0n) is 15.3. The molecular formula is C20H36O2. The predicted octanol–water partition coefficient (Wildman–Crippen LogP) is 4.70. The Balaban J connectivity index is 2.28. The third kappa shape index (κ3) is 3.14. The van der Waals surface area contributed by atoms with Gasteiger partial charge in [0, 0.05) is 0 Å². The molecule has 2 rings (SSSR count). The van der Waals surface area contributed by atoms with Crippen molar-refractivity contribution in [3.05, 3.63) is 12.7 Å². The largest absolute Gasteiger partial charge is 0.390 e. The molecule has 2 fully saturated rings. The third-order valence-electron chi connectivity index (χ3n) is 7.14. The van der Waals surface area contributed by atoms with Crippen LogP contribution in [0, 0.1) is 22.7 Å². The molecule has 0 radical (unpaired) electrons. The molecule has 5 atom stereocenters. The minimum absolute atomic E-state index is 0.181.